The molecule has 0 amide bonds. The summed E-state index contributed by atoms with van der Waals surface area (Å²) in [5, 5.41) is 0. The van der Waals surface area contributed by atoms with Crippen molar-refractivity contribution in [3.05, 3.63) is 35.4 Å². The molecule has 0 spiro atoms. The minimum Gasteiger partial charge on any atom is -0.299 e. The van der Waals surface area contributed by atoms with Crippen LogP contribution in [0.4, 0.5) is 0 Å². The third kappa shape index (κ3) is 4.81. The first-order valence-electron chi connectivity index (χ1n) is 7.29. The second-order valence-corrected chi connectivity index (χ2v) is 6.22. The van der Waals surface area contributed by atoms with Gasteiger partial charge in [0.05, 0.1) is 0 Å². The van der Waals surface area contributed by atoms with Gasteiger partial charge in [-0.1, -0.05) is 58.9 Å². The Bertz CT molecular complexity index is 326. The Hall–Kier alpha value is -0.820. The molecule has 0 aromatic heterocycles. The Labute approximate surface area is 113 Å². The fourth-order valence-corrected chi connectivity index (χ4v) is 2.27. The average Bonchev–Trinajstić information content (AvgIpc) is 2.29. The van der Waals surface area contributed by atoms with E-state index < -0.39 is 0 Å². The Morgan fingerprint density at radius 1 is 0.889 bits per heavy atom. The maximum atomic E-state index is 2.55. The van der Waals surface area contributed by atoms with Gasteiger partial charge in [0.25, 0.3) is 0 Å². The van der Waals surface area contributed by atoms with Crippen molar-refractivity contribution in [3.63, 3.8) is 0 Å². The molecule has 0 aliphatic heterocycles. The van der Waals surface area contributed by atoms with Crippen LogP contribution in [0.3, 0.4) is 0 Å². The zero-order valence-electron chi connectivity index (χ0n) is 12.8. The predicted molar refractivity (Wildman–Crippen MR) is 81.0 cm³/mol. The largest absolute Gasteiger partial charge is 0.299 e. The normalized spacial score (nSPS) is 12.1. The summed E-state index contributed by atoms with van der Waals surface area (Å²) in [5.74, 6) is 0. The summed E-state index contributed by atoms with van der Waals surface area (Å²) in [6.45, 7) is 14.8. The Kier molecular flexibility index (Phi) is 5.87. The number of benzene rings is 1. The van der Waals surface area contributed by atoms with Gasteiger partial charge in [0.15, 0.2) is 0 Å². The third-order valence-corrected chi connectivity index (χ3v) is 3.31. The lowest BCUT2D eigenvalue weighted by Crippen LogP contribution is -2.24. The summed E-state index contributed by atoms with van der Waals surface area (Å²) in [6.07, 6.45) is 2.47. The summed E-state index contributed by atoms with van der Waals surface area (Å²) in [4.78, 5) is 2.55. The molecule has 1 aromatic carbocycles. The van der Waals surface area contributed by atoms with Crippen LogP contribution in [0.5, 0.6) is 0 Å². The van der Waals surface area contributed by atoms with Gasteiger partial charge >= 0.3 is 0 Å². The van der Waals surface area contributed by atoms with Gasteiger partial charge in [0, 0.05) is 6.54 Å². The van der Waals surface area contributed by atoms with E-state index in [-0.39, 0.29) is 5.41 Å². The van der Waals surface area contributed by atoms with Crippen LogP contribution in [-0.4, -0.2) is 18.0 Å². The summed E-state index contributed by atoms with van der Waals surface area (Å²) in [7, 11) is 0. The van der Waals surface area contributed by atoms with Crippen molar-refractivity contribution in [1.82, 2.24) is 4.90 Å². The lowest BCUT2D eigenvalue weighted by Gasteiger charge is -2.22. The molecule has 0 aliphatic carbocycles. The topological polar surface area (TPSA) is 3.24 Å². The smallest absolute Gasteiger partial charge is 0.0233 e. The van der Waals surface area contributed by atoms with Crippen molar-refractivity contribution in [2.24, 2.45) is 0 Å². The molecule has 0 saturated carbocycles. The number of hydrogen-bond donors (Lipinski definition) is 0. The van der Waals surface area contributed by atoms with Crippen molar-refractivity contribution < 1.29 is 0 Å². The van der Waals surface area contributed by atoms with Gasteiger partial charge < -0.3 is 0 Å². The van der Waals surface area contributed by atoms with E-state index in [4.69, 9.17) is 0 Å². The van der Waals surface area contributed by atoms with Gasteiger partial charge in [-0.2, -0.15) is 0 Å². The highest BCUT2D eigenvalue weighted by Crippen LogP contribution is 2.22. The van der Waals surface area contributed by atoms with E-state index in [1.165, 1.54) is 37.1 Å². The van der Waals surface area contributed by atoms with E-state index in [2.05, 4.69) is 63.8 Å². The molecule has 0 radical (unpaired) electrons. The van der Waals surface area contributed by atoms with Crippen LogP contribution in [0.1, 0.15) is 58.6 Å². The second kappa shape index (κ2) is 6.94. The minimum atomic E-state index is 0.255. The molecule has 1 heteroatoms. The first kappa shape index (κ1) is 15.2. The van der Waals surface area contributed by atoms with Crippen molar-refractivity contribution in [3.8, 4) is 0 Å². The van der Waals surface area contributed by atoms with E-state index in [0.29, 0.717) is 0 Å². The van der Waals surface area contributed by atoms with Crippen LogP contribution in [0, 0.1) is 0 Å². The average molecular weight is 247 g/mol. The molecule has 0 N–H and O–H groups in total. The highest BCUT2D eigenvalue weighted by Gasteiger charge is 2.13. The zero-order valence-corrected chi connectivity index (χ0v) is 12.8. The summed E-state index contributed by atoms with van der Waals surface area (Å²) in [5.41, 5.74) is 3.11. The first-order valence-corrected chi connectivity index (χ1v) is 7.29. The first-order chi connectivity index (χ1) is 8.47. The van der Waals surface area contributed by atoms with E-state index in [9.17, 15) is 0 Å². The SMILES string of the molecule is CCCN(CCC)Cc1ccc(C(C)(C)C)cc1. The molecule has 18 heavy (non-hydrogen) atoms. The fraction of sp³-hybridized carbons (Fsp3) is 0.647. The summed E-state index contributed by atoms with van der Waals surface area (Å²) in [6, 6.07) is 9.15. The van der Waals surface area contributed by atoms with Crippen LogP contribution in [-0.2, 0) is 12.0 Å². The third-order valence-electron chi connectivity index (χ3n) is 3.31. The number of hydrogen-bond acceptors (Lipinski definition) is 1. The van der Waals surface area contributed by atoms with Gasteiger partial charge in [-0.3, -0.25) is 4.90 Å². The number of rotatable bonds is 6. The summed E-state index contributed by atoms with van der Waals surface area (Å²) >= 11 is 0. The monoisotopic (exact) mass is 247 g/mol. The van der Waals surface area contributed by atoms with Gasteiger partial charge in [0.1, 0.15) is 0 Å². The highest BCUT2D eigenvalue weighted by atomic mass is 15.1. The van der Waals surface area contributed by atoms with Crippen LogP contribution in [0.25, 0.3) is 0 Å². The molecule has 0 atom stereocenters. The Balaban J connectivity index is 2.67. The quantitative estimate of drug-likeness (QED) is 0.710. The van der Waals surface area contributed by atoms with Crippen LogP contribution < -0.4 is 0 Å². The van der Waals surface area contributed by atoms with Crippen LogP contribution in [0.15, 0.2) is 24.3 Å². The molecular formula is C17H29N. The van der Waals surface area contributed by atoms with Gasteiger partial charge in [-0.05, 0) is 42.5 Å². The zero-order chi connectivity index (χ0) is 13.6. The van der Waals surface area contributed by atoms with E-state index in [1.807, 2.05) is 0 Å². The van der Waals surface area contributed by atoms with E-state index >= 15 is 0 Å². The molecule has 0 heterocycles. The summed E-state index contributed by atoms with van der Waals surface area (Å²) < 4.78 is 0. The standard InChI is InChI=1S/C17H29N/c1-6-12-18(13-7-2)14-15-8-10-16(11-9-15)17(3,4)5/h8-11H,6-7,12-14H2,1-5H3. The van der Waals surface area contributed by atoms with E-state index in [0.717, 1.165) is 6.54 Å². The van der Waals surface area contributed by atoms with Crippen molar-refractivity contribution >= 4 is 0 Å². The predicted octanol–water partition coefficient (Wildman–Crippen LogP) is 4.61. The lowest BCUT2D eigenvalue weighted by molar-refractivity contribution is 0.266. The van der Waals surface area contributed by atoms with Gasteiger partial charge in [-0.25, -0.2) is 0 Å². The van der Waals surface area contributed by atoms with Crippen molar-refractivity contribution in [2.45, 2.75) is 59.4 Å². The Morgan fingerprint density at radius 2 is 1.39 bits per heavy atom. The van der Waals surface area contributed by atoms with Crippen LogP contribution >= 0.6 is 0 Å². The molecule has 0 saturated heterocycles. The molecule has 0 aliphatic rings. The van der Waals surface area contributed by atoms with E-state index in [1.54, 1.807) is 0 Å². The maximum absolute atomic E-state index is 2.55. The minimum absolute atomic E-state index is 0.255. The highest BCUT2D eigenvalue weighted by molar-refractivity contribution is 5.27. The van der Waals surface area contributed by atoms with Crippen molar-refractivity contribution in [2.75, 3.05) is 13.1 Å². The molecule has 102 valence electrons. The molecule has 1 aromatic rings. The molecule has 0 bridgehead atoms. The lowest BCUT2D eigenvalue weighted by atomic mass is 9.87. The maximum Gasteiger partial charge on any atom is 0.0233 e. The molecule has 1 rings (SSSR count). The van der Waals surface area contributed by atoms with Crippen LogP contribution in [0.2, 0.25) is 0 Å². The fourth-order valence-electron chi connectivity index (χ4n) is 2.27. The van der Waals surface area contributed by atoms with Gasteiger partial charge in [0.2, 0.25) is 0 Å². The molecular weight excluding hydrogens is 218 g/mol. The number of nitrogens with zero attached hydrogens (tertiary/aromatic N) is 1. The second-order valence-electron chi connectivity index (χ2n) is 6.22. The molecule has 0 unspecified atom stereocenters. The molecule has 0 fully saturated rings. The van der Waals surface area contributed by atoms with Crippen molar-refractivity contribution in [1.29, 1.82) is 0 Å². The van der Waals surface area contributed by atoms with Gasteiger partial charge in [-0.15, -0.1) is 0 Å². The Morgan fingerprint density at radius 3 is 1.78 bits per heavy atom. The molecule has 1 nitrogen and oxygen atoms in total.